The lowest BCUT2D eigenvalue weighted by Gasteiger charge is -2.01. The normalized spacial score (nSPS) is 13.2. The van der Waals surface area contributed by atoms with Crippen LogP contribution in [0.5, 0.6) is 0 Å². The fourth-order valence-electron chi connectivity index (χ4n) is 10.3. The first-order valence-corrected chi connectivity index (χ1v) is 28.7. The van der Waals surface area contributed by atoms with Gasteiger partial charge in [0, 0.05) is 67.0 Å². The summed E-state index contributed by atoms with van der Waals surface area (Å²) in [6.07, 6.45) is 0. The van der Waals surface area contributed by atoms with E-state index >= 15 is 0 Å². The van der Waals surface area contributed by atoms with Gasteiger partial charge in [-0.1, -0.05) is 0 Å². The summed E-state index contributed by atoms with van der Waals surface area (Å²) < 4.78 is 47.1. The molecule has 9 heterocycles. The smallest absolute Gasteiger partial charge is 0.346 e. The Labute approximate surface area is 540 Å². The van der Waals surface area contributed by atoms with Crippen molar-refractivity contribution in [3.8, 4) is 115 Å². The van der Waals surface area contributed by atoms with Crippen molar-refractivity contribution in [2.24, 2.45) is 0 Å². The van der Waals surface area contributed by atoms with E-state index in [0.29, 0.717) is 56.9 Å². The van der Waals surface area contributed by atoms with Gasteiger partial charge in [-0.15, -0.1) is 51.0 Å². The molecule has 8 aromatic carbocycles. The second-order valence-electron chi connectivity index (χ2n) is 21.6. The molecule has 4 N–H and O–H groups in total. The number of hydrogen-bond acceptors (Lipinski definition) is 29. The van der Waals surface area contributed by atoms with Crippen molar-refractivity contribution in [2.45, 2.75) is 13.8 Å². The maximum Gasteiger partial charge on any atom is 0.346 e. The second kappa shape index (κ2) is 23.4. The van der Waals surface area contributed by atoms with E-state index < -0.39 is 47.8 Å². The Bertz CT molecular complexity index is 5210. The largest absolute Gasteiger partial charge is 0.416 e. The van der Waals surface area contributed by atoms with Crippen LogP contribution in [-0.2, 0) is 18.9 Å². The molecule has 0 unspecified atom stereocenters. The first kappa shape index (κ1) is 59.0. The van der Waals surface area contributed by atoms with E-state index in [1.54, 1.807) is 48.5 Å². The molecule has 0 fully saturated rings. The van der Waals surface area contributed by atoms with Crippen molar-refractivity contribution in [3.63, 3.8) is 0 Å². The predicted molar refractivity (Wildman–Crippen MR) is 330 cm³/mol. The summed E-state index contributed by atoms with van der Waals surface area (Å²) in [5.41, 5.74) is 22.6. The number of cyclic esters (lactones) is 8. The molecule has 4 aliphatic rings. The third-order valence-electron chi connectivity index (χ3n) is 15.5. The number of benzene rings is 8. The molecule has 470 valence electrons. The lowest BCUT2D eigenvalue weighted by atomic mass is 10.1. The van der Waals surface area contributed by atoms with E-state index in [2.05, 4.69) is 69.9 Å². The highest BCUT2D eigenvalue weighted by atomic mass is 16.6. The number of esters is 8. The minimum Gasteiger partial charge on any atom is -0.416 e. The number of fused-ring (bicyclic) bond motifs is 4. The Morgan fingerprint density at radius 2 is 0.381 bits per heavy atom. The van der Waals surface area contributed by atoms with Crippen molar-refractivity contribution in [2.75, 3.05) is 11.5 Å². The first-order valence-electron chi connectivity index (χ1n) is 28.7. The molecule has 0 saturated heterocycles. The Hall–Kier alpha value is -14.4. The number of carbonyl (C=O) groups excluding carboxylic acids is 8. The zero-order valence-corrected chi connectivity index (χ0v) is 49.6. The molecule has 13 aromatic rings. The summed E-state index contributed by atoms with van der Waals surface area (Å²) >= 11 is 0. The lowest BCUT2D eigenvalue weighted by Crippen LogP contribution is -1.96. The van der Waals surface area contributed by atoms with Gasteiger partial charge in [-0.3, -0.25) is 0 Å². The van der Waals surface area contributed by atoms with Crippen LogP contribution >= 0.6 is 0 Å². The monoisotopic (exact) mass is 1290 g/mol. The standard InChI is InChI=1S/C26H10N4O8.C24H20N6O2.C18H6N2O7/c31-23-15-7-5-13(9-17(15)25(33)37-23)21-29-27-19(35-21)11-1-2-12(4-3-11)20-28-30-22(36-20)14-6-8-16-18(10-14)26(34)38-24(16)32;1-13-11-17(7-9-19(13)25)23-29-27-21(31-23)15-3-5-16(6-4-15)22-28-30-24(32-22)18-8-10-20(26)14(2)12-18;21-15-9-3-1-7(5-11(9)17(23)26-15)13-19-20-14(25-13)8-2-4-10-12(6-8)18(24)27-16(10)22/h1-10H;3-12H,25-26H2,1-2H3;1-6H. The fourth-order valence-corrected chi connectivity index (χ4v) is 10.3. The van der Waals surface area contributed by atoms with Crippen LogP contribution in [0.25, 0.3) is 115 Å². The van der Waals surface area contributed by atoms with Gasteiger partial charge in [0.15, 0.2) is 0 Å². The number of anilines is 2. The predicted octanol–water partition coefficient (Wildman–Crippen LogP) is 10.7. The topological polar surface area (TPSA) is 420 Å². The average Bonchev–Trinajstić information content (AvgIpc) is 1.66. The first-order chi connectivity index (χ1) is 46.9. The van der Waals surface area contributed by atoms with Crippen LogP contribution in [0, 0.1) is 13.8 Å². The number of ether oxygens (including phenoxy) is 4. The number of nitrogens with two attached hydrogens (primary N) is 2. The van der Waals surface area contributed by atoms with Crippen molar-refractivity contribution in [3.05, 3.63) is 213 Å². The SMILES string of the molecule is Cc1cc(-c2nnc(-c3ccc(-c4nnc(-c5ccc(N)c(C)c5)o4)cc3)o2)ccc1N.O=C1OC(=O)c2cc(-c3nnc(-c4ccc(-c5nnc(-c6ccc7c(c6)C(=O)OC7=O)o5)cc4)o3)ccc21.O=C1OC(=O)c2cc(-c3nnc(-c4ccc5c(c4)C(=O)OC5=O)o3)ccc21. The molecule has 0 radical (unpaired) electrons. The summed E-state index contributed by atoms with van der Waals surface area (Å²) in [4.78, 5) is 93.3. The Kier molecular flexibility index (Phi) is 14.2. The third-order valence-corrected chi connectivity index (χ3v) is 15.5. The van der Waals surface area contributed by atoms with Crippen LogP contribution in [-0.4, -0.2) is 98.7 Å². The molecule has 0 atom stereocenters. The summed E-state index contributed by atoms with van der Waals surface area (Å²) in [5, 5.41) is 40.7. The number of aryl methyl sites for hydroxylation is 2. The maximum atomic E-state index is 11.8. The van der Waals surface area contributed by atoms with Gasteiger partial charge >= 0.3 is 47.8 Å². The zero-order valence-electron chi connectivity index (χ0n) is 49.6. The maximum absolute atomic E-state index is 11.8. The molecule has 5 aromatic heterocycles. The molecule has 0 saturated carbocycles. The number of carbonyl (C=O) groups is 8. The highest BCUT2D eigenvalue weighted by Crippen LogP contribution is 2.36. The van der Waals surface area contributed by atoms with Gasteiger partial charge in [0.25, 0.3) is 0 Å². The van der Waals surface area contributed by atoms with E-state index in [1.165, 1.54) is 48.5 Å². The minimum atomic E-state index is -0.738. The van der Waals surface area contributed by atoms with Crippen molar-refractivity contribution < 1.29 is 79.4 Å². The van der Waals surface area contributed by atoms with Crippen LogP contribution in [0.4, 0.5) is 11.4 Å². The molecule has 97 heavy (non-hydrogen) atoms. The Morgan fingerprint density at radius 1 is 0.216 bits per heavy atom. The number of aromatic nitrogens is 10. The number of nitrogen functional groups attached to an aromatic ring is 2. The fraction of sp³-hybridized carbons (Fsp3) is 0.0294. The second-order valence-corrected chi connectivity index (χ2v) is 21.6. The van der Waals surface area contributed by atoms with E-state index in [4.69, 9.17) is 33.6 Å². The van der Waals surface area contributed by atoms with Crippen molar-refractivity contribution in [1.82, 2.24) is 51.0 Å². The van der Waals surface area contributed by atoms with Crippen LogP contribution in [0.15, 0.2) is 180 Å². The van der Waals surface area contributed by atoms with Crippen LogP contribution in [0.2, 0.25) is 0 Å². The van der Waals surface area contributed by atoms with Gasteiger partial charge in [0.2, 0.25) is 58.9 Å². The molecule has 0 bridgehead atoms. The summed E-state index contributed by atoms with van der Waals surface area (Å²) in [6.45, 7) is 3.87. The Morgan fingerprint density at radius 3 is 0.588 bits per heavy atom. The summed E-state index contributed by atoms with van der Waals surface area (Å²) in [6, 6.07) is 43.5. The third kappa shape index (κ3) is 11.0. The summed E-state index contributed by atoms with van der Waals surface area (Å²) in [7, 11) is 0. The Balaban J connectivity index is 0.000000121. The van der Waals surface area contributed by atoms with Crippen molar-refractivity contribution >= 4 is 59.1 Å². The van der Waals surface area contributed by atoms with Gasteiger partial charge in [0.05, 0.1) is 44.5 Å². The number of rotatable bonds is 10. The highest BCUT2D eigenvalue weighted by molar-refractivity contribution is 6.17. The number of hydrogen-bond donors (Lipinski definition) is 2. The summed E-state index contributed by atoms with van der Waals surface area (Å²) in [5.74, 6) is -2.97. The van der Waals surface area contributed by atoms with E-state index in [-0.39, 0.29) is 79.9 Å². The van der Waals surface area contributed by atoms with Crippen LogP contribution in [0.1, 0.15) is 94.0 Å². The van der Waals surface area contributed by atoms with Gasteiger partial charge < -0.3 is 52.5 Å². The van der Waals surface area contributed by atoms with Crippen molar-refractivity contribution in [1.29, 1.82) is 0 Å². The molecule has 0 aliphatic carbocycles. The molecule has 0 amide bonds. The quantitative estimate of drug-likeness (QED) is 0.0556. The van der Waals surface area contributed by atoms with Gasteiger partial charge in [-0.25, -0.2) is 38.4 Å². The molecule has 0 spiro atoms. The molecule has 17 rings (SSSR count). The molecule has 4 aliphatic heterocycles. The van der Waals surface area contributed by atoms with E-state index in [1.807, 2.05) is 74.5 Å². The van der Waals surface area contributed by atoms with Crippen LogP contribution < -0.4 is 11.5 Å². The van der Waals surface area contributed by atoms with Gasteiger partial charge in [-0.2, -0.15) is 0 Å². The molecular formula is C68H36N12O17. The lowest BCUT2D eigenvalue weighted by molar-refractivity contribution is 0.0425. The molecule has 29 heteroatoms. The van der Waals surface area contributed by atoms with Gasteiger partial charge in [-0.05, 0) is 183 Å². The highest BCUT2D eigenvalue weighted by Gasteiger charge is 2.34. The molecular weight excluding hydrogens is 1260 g/mol. The zero-order chi connectivity index (χ0) is 66.9. The molecule has 29 nitrogen and oxygen atoms in total. The average molecular weight is 1290 g/mol. The number of nitrogens with zero attached hydrogens (tertiary/aromatic N) is 10. The van der Waals surface area contributed by atoms with E-state index in [9.17, 15) is 38.4 Å². The van der Waals surface area contributed by atoms with E-state index in [0.717, 1.165) is 44.8 Å². The minimum absolute atomic E-state index is 0.110. The van der Waals surface area contributed by atoms with Gasteiger partial charge in [0.1, 0.15) is 0 Å². The van der Waals surface area contributed by atoms with Crippen LogP contribution in [0.3, 0.4) is 0 Å².